The third-order valence-electron chi connectivity index (χ3n) is 6.03. The second-order valence-corrected chi connectivity index (χ2v) is 9.06. The number of benzene rings is 2. The molecule has 0 N–H and O–H groups in total. The van der Waals surface area contributed by atoms with E-state index in [1.54, 1.807) is 12.0 Å². The minimum atomic E-state index is -0.758. The van der Waals surface area contributed by atoms with Gasteiger partial charge in [0, 0.05) is 13.1 Å². The topological polar surface area (TPSA) is 64.1 Å². The van der Waals surface area contributed by atoms with Crippen molar-refractivity contribution in [3.63, 3.8) is 0 Å². The maximum atomic E-state index is 13.9. The van der Waals surface area contributed by atoms with Crippen LogP contribution in [0.4, 0.5) is 5.13 Å². The molecular weight excluding hydrogens is 474 g/mol. The lowest BCUT2D eigenvalue weighted by molar-refractivity contribution is -0.130. The number of nitrogens with zero attached hydrogens (tertiary/aromatic N) is 3. The zero-order valence-corrected chi connectivity index (χ0v) is 21.9. The number of carbonyl (C=O) groups excluding carboxylic acids is 1. The molecule has 1 amide bonds. The summed E-state index contributed by atoms with van der Waals surface area (Å²) in [5, 5.41) is 0.643. The van der Waals surface area contributed by atoms with E-state index in [-0.39, 0.29) is 18.3 Å². The maximum Gasteiger partial charge on any atom is 0.273 e. The number of hydrogen-bond acceptors (Lipinski definition) is 7. The van der Waals surface area contributed by atoms with Gasteiger partial charge < -0.3 is 19.1 Å². The number of halogens is 1. The quantitative estimate of drug-likeness (QED) is 0.432. The molecule has 2 aromatic carbocycles. The lowest BCUT2D eigenvalue weighted by Crippen LogP contribution is -2.52. The van der Waals surface area contributed by atoms with Crippen LogP contribution in [0.1, 0.15) is 26.3 Å². The Kier molecular flexibility index (Phi) is 8.62. The largest absolute Gasteiger partial charge is 0.494 e. The van der Waals surface area contributed by atoms with Gasteiger partial charge in [-0.1, -0.05) is 43.4 Å². The van der Waals surface area contributed by atoms with E-state index in [2.05, 4.69) is 18.7 Å². The van der Waals surface area contributed by atoms with Gasteiger partial charge in [0.2, 0.25) is 6.10 Å². The van der Waals surface area contributed by atoms with Crippen LogP contribution < -0.4 is 19.1 Å². The molecule has 0 aliphatic carbocycles. The molecular formula is C25H32ClN3O4S. The lowest BCUT2D eigenvalue weighted by Gasteiger charge is -2.34. The number of likely N-dealkylation sites (N-methyl/N-ethyl adjacent to an activating group) is 1. The molecule has 0 radical (unpaired) electrons. The van der Waals surface area contributed by atoms with Crippen molar-refractivity contribution in [1.82, 2.24) is 9.88 Å². The standard InChI is InChI=1S/C25H31N3O4S.ClH/c1-6-27(7-2)14-15-28(25-26-21-20(30-5)13-12-16(3)23(21)33-25)24(29)22-17(4)31-18-10-8-9-11-19(18)32-22;/h8-13,17,22H,6-7,14-15H2,1-5H3;1H. The molecule has 0 saturated carbocycles. The number of fused-ring (bicyclic) bond motifs is 2. The second-order valence-electron chi connectivity index (χ2n) is 8.08. The normalized spacial score (nSPS) is 16.9. The third kappa shape index (κ3) is 5.09. The highest BCUT2D eigenvalue weighted by Crippen LogP contribution is 2.38. The van der Waals surface area contributed by atoms with E-state index in [0.717, 1.165) is 35.4 Å². The van der Waals surface area contributed by atoms with Crippen LogP contribution >= 0.6 is 23.7 Å². The number of carbonyl (C=O) groups is 1. The van der Waals surface area contributed by atoms with Crippen molar-refractivity contribution in [2.24, 2.45) is 0 Å². The van der Waals surface area contributed by atoms with Crippen molar-refractivity contribution in [3.05, 3.63) is 42.0 Å². The smallest absolute Gasteiger partial charge is 0.273 e. The molecule has 1 aliphatic heterocycles. The summed E-state index contributed by atoms with van der Waals surface area (Å²) in [4.78, 5) is 22.7. The summed E-state index contributed by atoms with van der Waals surface area (Å²) < 4.78 is 18.7. The van der Waals surface area contributed by atoms with Gasteiger partial charge in [-0.2, -0.15) is 0 Å². The van der Waals surface area contributed by atoms with E-state index in [9.17, 15) is 4.79 Å². The van der Waals surface area contributed by atoms with E-state index in [4.69, 9.17) is 19.2 Å². The van der Waals surface area contributed by atoms with Gasteiger partial charge in [-0.15, -0.1) is 12.4 Å². The number of aryl methyl sites for hydroxylation is 1. The molecule has 184 valence electrons. The molecule has 7 nitrogen and oxygen atoms in total. The molecule has 9 heteroatoms. The zero-order valence-electron chi connectivity index (χ0n) is 20.2. The van der Waals surface area contributed by atoms with Crippen LogP contribution in [0.25, 0.3) is 10.2 Å². The van der Waals surface area contributed by atoms with Crippen molar-refractivity contribution in [2.45, 2.75) is 39.9 Å². The highest BCUT2D eigenvalue weighted by atomic mass is 35.5. The molecule has 3 aromatic rings. The van der Waals surface area contributed by atoms with E-state index in [1.165, 1.54) is 11.3 Å². The first kappa shape index (κ1) is 26.1. The van der Waals surface area contributed by atoms with Crippen molar-refractivity contribution >= 4 is 45.0 Å². The first-order valence-electron chi connectivity index (χ1n) is 11.4. The predicted octanol–water partition coefficient (Wildman–Crippen LogP) is 4.94. The molecule has 0 spiro atoms. The van der Waals surface area contributed by atoms with Gasteiger partial charge in [-0.05, 0) is 50.7 Å². The fraction of sp³-hybridized carbons (Fsp3) is 0.440. The number of ether oxygens (including phenoxy) is 3. The number of para-hydroxylation sites is 2. The Morgan fingerprint density at radius 1 is 1.09 bits per heavy atom. The zero-order chi connectivity index (χ0) is 23.5. The fourth-order valence-electron chi connectivity index (χ4n) is 4.00. The highest BCUT2D eigenvalue weighted by Gasteiger charge is 2.38. The van der Waals surface area contributed by atoms with E-state index in [1.807, 2.05) is 50.2 Å². The number of hydrogen-bond donors (Lipinski definition) is 0. The number of methoxy groups -OCH3 is 1. The van der Waals surface area contributed by atoms with Crippen LogP contribution in [0.3, 0.4) is 0 Å². The molecule has 1 aromatic heterocycles. The molecule has 34 heavy (non-hydrogen) atoms. The average Bonchev–Trinajstić information content (AvgIpc) is 3.27. The summed E-state index contributed by atoms with van der Waals surface area (Å²) in [5.41, 5.74) is 1.88. The molecule has 2 heterocycles. The molecule has 0 fully saturated rings. The summed E-state index contributed by atoms with van der Waals surface area (Å²) in [6.07, 6.45) is -1.18. The molecule has 4 rings (SSSR count). The summed E-state index contributed by atoms with van der Waals surface area (Å²) in [7, 11) is 1.64. The molecule has 0 bridgehead atoms. The second kappa shape index (κ2) is 11.3. The fourth-order valence-corrected chi connectivity index (χ4v) is 5.09. The highest BCUT2D eigenvalue weighted by molar-refractivity contribution is 7.22. The average molecular weight is 506 g/mol. The van der Waals surface area contributed by atoms with E-state index < -0.39 is 12.2 Å². The van der Waals surface area contributed by atoms with Crippen LogP contribution in [0.2, 0.25) is 0 Å². The summed E-state index contributed by atoms with van der Waals surface area (Å²) >= 11 is 1.51. The Labute approximate surface area is 211 Å². The molecule has 1 aliphatic rings. The minimum absolute atomic E-state index is 0. The Morgan fingerprint density at radius 2 is 1.76 bits per heavy atom. The Bertz CT molecular complexity index is 1130. The van der Waals surface area contributed by atoms with Gasteiger partial charge in [0.05, 0.1) is 11.8 Å². The van der Waals surface area contributed by atoms with Crippen LogP contribution in [0.15, 0.2) is 36.4 Å². The maximum absolute atomic E-state index is 13.9. The summed E-state index contributed by atoms with van der Waals surface area (Å²) in [6, 6.07) is 11.4. The Balaban J connectivity index is 0.00000324. The first-order chi connectivity index (χ1) is 16.0. The minimum Gasteiger partial charge on any atom is -0.494 e. The van der Waals surface area contributed by atoms with E-state index in [0.29, 0.717) is 28.9 Å². The van der Waals surface area contributed by atoms with Gasteiger partial charge in [0.15, 0.2) is 16.6 Å². The molecule has 2 atom stereocenters. The number of aromatic nitrogens is 1. The van der Waals surface area contributed by atoms with Gasteiger partial charge in [0.1, 0.15) is 17.4 Å². The Hall–Kier alpha value is -2.55. The van der Waals surface area contributed by atoms with Crippen LogP contribution in [0.5, 0.6) is 17.2 Å². The lowest BCUT2D eigenvalue weighted by atomic mass is 10.1. The SMILES string of the molecule is CCN(CC)CCN(C(=O)C1Oc2ccccc2OC1C)c1nc2c(OC)ccc(C)c2s1.Cl. The van der Waals surface area contributed by atoms with Gasteiger partial charge >= 0.3 is 0 Å². The van der Waals surface area contributed by atoms with Crippen molar-refractivity contribution < 1.29 is 19.0 Å². The molecule has 0 saturated heterocycles. The van der Waals surface area contributed by atoms with Gasteiger partial charge in [0.25, 0.3) is 5.91 Å². The van der Waals surface area contributed by atoms with E-state index >= 15 is 0 Å². The third-order valence-corrected chi connectivity index (χ3v) is 7.24. The number of rotatable bonds is 8. The number of amides is 1. The monoisotopic (exact) mass is 505 g/mol. The van der Waals surface area contributed by atoms with Crippen LogP contribution in [0, 0.1) is 6.92 Å². The molecule has 2 unspecified atom stereocenters. The summed E-state index contributed by atoms with van der Waals surface area (Å²) in [6.45, 7) is 11.2. The predicted molar refractivity (Wildman–Crippen MR) is 139 cm³/mol. The van der Waals surface area contributed by atoms with Gasteiger partial charge in [-0.25, -0.2) is 4.98 Å². The van der Waals surface area contributed by atoms with Crippen molar-refractivity contribution in [1.29, 1.82) is 0 Å². The first-order valence-corrected chi connectivity index (χ1v) is 12.2. The van der Waals surface area contributed by atoms with Gasteiger partial charge in [-0.3, -0.25) is 9.69 Å². The Morgan fingerprint density at radius 3 is 2.41 bits per heavy atom. The van der Waals surface area contributed by atoms with Crippen LogP contribution in [-0.4, -0.2) is 61.3 Å². The number of anilines is 1. The number of thiazole rings is 1. The van der Waals surface area contributed by atoms with Crippen molar-refractivity contribution in [3.8, 4) is 17.2 Å². The van der Waals surface area contributed by atoms with Crippen molar-refractivity contribution in [2.75, 3.05) is 38.2 Å². The van der Waals surface area contributed by atoms with Crippen LogP contribution in [-0.2, 0) is 4.79 Å². The summed E-state index contributed by atoms with van der Waals surface area (Å²) in [5.74, 6) is 1.79.